The van der Waals surface area contributed by atoms with Gasteiger partial charge < -0.3 is 14.6 Å². The van der Waals surface area contributed by atoms with Crippen LogP contribution >= 0.6 is 0 Å². The number of aliphatic hydroxyl groups is 1. The fourth-order valence-electron chi connectivity index (χ4n) is 2.66. The quantitative estimate of drug-likeness (QED) is 0.715. The van der Waals surface area contributed by atoms with Gasteiger partial charge in [0.1, 0.15) is 18.1 Å². The fourth-order valence-corrected chi connectivity index (χ4v) is 2.66. The van der Waals surface area contributed by atoms with E-state index in [0.717, 1.165) is 28.3 Å². The molecule has 1 N–H and O–H groups in total. The van der Waals surface area contributed by atoms with Crippen LogP contribution in [-0.2, 0) is 6.42 Å². The first-order chi connectivity index (χ1) is 12.3. The van der Waals surface area contributed by atoms with Crippen LogP contribution < -0.4 is 9.47 Å². The summed E-state index contributed by atoms with van der Waals surface area (Å²) in [7, 11) is 1.63. The lowest BCUT2D eigenvalue weighted by molar-refractivity contribution is 0.108. The summed E-state index contributed by atoms with van der Waals surface area (Å²) in [4.78, 5) is 4.41. The second-order valence-corrected chi connectivity index (χ2v) is 5.72. The molecule has 4 heteroatoms. The van der Waals surface area contributed by atoms with Crippen molar-refractivity contribution in [3.05, 3.63) is 78.5 Å². The molecule has 1 heterocycles. The van der Waals surface area contributed by atoms with Gasteiger partial charge in [-0.25, -0.2) is 0 Å². The van der Waals surface area contributed by atoms with Gasteiger partial charge in [-0.05, 0) is 48.0 Å². The number of aromatic nitrogens is 1. The lowest BCUT2D eigenvalue weighted by Gasteiger charge is -2.16. The zero-order chi connectivity index (χ0) is 17.5. The van der Waals surface area contributed by atoms with Crippen molar-refractivity contribution in [2.24, 2.45) is 0 Å². The summed E-state index contributed by atoms with van der Waals surface area (Å²) in [6.45, 7) is 0.225. The molecule has 0 aliphatic carbocycles. The molecule has 0 bridgehead atoms. The Kier molecular flexibility index (Phi) is 5.65. The van der Waals surface area contributed by atoms with Gasteiger partial charge in [0.15, 0.2) is 0 Å². The van der Waals surface area contributed by atoms with Crippen LogP contribution in [0.25, 0.3) is 11.3 Å². The topological polar surface area (TPSA) is 51.6 Å². The van der Waals surface area contributed by atoms with Gasteiger partial charge >= 0.3 is 0 Å². The van der Waals surface area contributed by atoms with Crippen LogP contribution in [0.5, 0.6) is 11.5 Å². The first-order valence-corrected chi connectivity index (χ1v) is 8.20. The van der Waals surface area contributed by atoms with Crippen LogP contribution in [-0.4, -0.2) is 29.9 Å². The summed E-state index contributed by atoms with van der Waals surface area (Å²) in [5.74, 6) is 1.50. The highest BCUT2D eigenvalue weighted by Crippen LogP contribution is 2.27. The van der Waals surface area contributed by atoms with E-state index in [1.165, 1.54) is 0 Å². The standard InChI is InChI=1S/C21H21NO3/c1-24-19-10-11-20(21-9-5-6-12-22-21)16(14-19)13-17(23)15-25-18-7-3-2-4-8-18/h2-12,14,17,23H,13,15H2,1H3. The molecule has 1 aromatic heterocycles. The molecule has 3 rings (SSSR count). The zero-order valence-corrected chi connectivity index (χ0v) is 14.1. The highest BCUT2D eigenvalue weighted by atomic mass is 16.5. The summed E-state index contributed by atoms with van der Waals surface area (Å²) in [5, 5.41) is 10.4. The van der Waals surface area contributed by atoms with Crippen LogP contribution in [0.1, 0.15) is 5.56 Å². The molecule has 0 fully saturated rings. The van der Waals surface area contributed by atoms with Crippen molar-refractivity contribution in [1.82, 2.24) is 4.98 Å². The van der Waals surface area contributed by atoms with Crippen molar-refractivity contribution >= 4 is 0 Å². The molecule has 0 saturated heterocycles. The highest BCUT2D eigenvalue weighted by Gasteiger charge is 2.13. The third-order valence-electron chi connectivity index (χ3n) is 3.89. The third-order valence-corrected chi connectivity index (χ3v) is 3.89. The zero-order valence-electron chi connectivity index (χ0n) is 14.1. The van der Waals surface area contributed by atoms with Gasteiger partial charge in [-0.15, -0.1) is 0 Å². The predicted molar refractivity (Wildman–Crippen MR) is 97.9 cm³/mol. The minimum atomic E-state index is -0.630. The third kappa shape index (κ3) is 4.58. The Morgan fingerprint density at radius 2 is 1.76 bits per heavy atom. The van der Waals surface area contributed by atoms with E-state index in [1.54, 1.807) is 13.3 Å². The summed E-state index contributed by atoms with van der Waals surface area (Å²) < 4.78 is 11.0. The number of rotatable bonds is 7. The highest BCUT2D eigenvalue weighted by molar-refractivity contribution is 5.65. The van der Waals surface area contributed by atoms with Crippen LogP contribution in [0.15, 0.2) is 72.9 Å². The first-order valence-electron chi connectivity index (χ1n) is 8.20. The van der Waals surface area contributed by atoms with Crippen LogP contribution in [0.3, 0.4) is 0 Å². The molecule has 0 saturated carbocycles. The summed E-state index contributed by atoms with van der Waals surface area (Å²) in [5.41, 5.74) is 2.83. The number of pyridine rings is 1. The molecular formula is C21H21NO3. The van der Waals surface area contributed by atoms with E-state index in [2.05, 4.69) is 4.98 Å². The van der Waals surface area contributed by atoms with Crippen molar-refractivity contribution in [1.29, 1.82) is 0 Å². The van der Waals surface area contributed by atoms with Crippen LogP contribution in [0.2, 0.25) is 0 Å². The average molecular weight is 335 g/mol. The molecule has 2 aromatic carbocycles. The van der Waals surface area contributed by atoms with E-state index >= 15 is 0 Å². The van der Waals surface area contributed by atoms with Gasteiger partial charge in [0.05, 0.1) is 18.9 Å². The number of aliphatic hydroxyl groups excluding tert-OH is 1. The Bertz CT molecular complexity index is 791. The molecule has 3 aromatic rings. The number of methoxy groups -OCH3 is 1. The molecule has 0 radical (unpaired) electrons. The van der Waals surface area contributed by atoms with E-state index in [4.69, 9.17) is 9.47 Å². The fraction of sp³-hybridized carbons (Fsp3) is 0.190. The minimum absolute atomic E-state index is 0.225. The van der Waals surface area contributed by atoms with E-state index in [9.17, 15) is 5.11 Å². The molecule has 1 unspecified atom stereocenters. The van der Waals surface area contributed by atoms with E-state index in [1.807, 2.05) is 66.7 Å². The van der Waals surface area contributed by atoms with Gasteiger partial charge in [0.25, 0.3) is 0 Å². The number of ether oxygens (including phenoxy) is 2. The largest absolute Gasteiger partial charge is 0.497 e. The molecule has 0 spiro atoms. The lowest BCUT2D eigenvalue weighted by atomic mass is 9.98. The second kappa shape index (κ2) is 8.31. The van der Waals surface area contributed by atoms with Crippen LogP contribution in [0.4, 0.5) is 0 Å². The Hall–Kier alpha value is -2.85. The number of hydrogen-bond donors (Lipinski definition) is 1. The maximum absolute atomic E-state index is 10.4. The van der Waals surface area contributed by atoms with Gasteiger partial charge in [0.2, 0.25) is 0 Å². The monoisotopic (exact) mass is 335 g/mol. The van der Waals surface area contributed by atoms with Crippen molar-refractivity contribution < 1.29 is 14.6 Å². The molecule has 0 aliphatic heterocycles. The Morgan fingerprint density at radius 1 is 0.960 bits per heavy atom. The maximum atomic E-state index is 10.4. The lowest BCUT2D eigenvalue weighted by Crippen LogP contribution is -2.20. The summed E-state index contributed by atoms with van der Waals surface area (Å²) >= 11 is 0. The van der Waals surface area contributed by atoms with Crippen molar-refractivity contribution in [2.75, 3.05) is 13.7 Å². The minimum Gasteiger partial charge on any atom is -0.497 e. The molecule has 128 valence electrons. The molecule has 0 amide bonds. The number of nitrogens with zero attached hydrogens (tertiary/aromatic N) is 1. The van der Waals surface area contributed by atoms with E-state index < -0.39 is 6.10 Å². The van der Waals surface area contributed by atoms with Gasteiger partial charge in [-0.1, -0.05) is 24.3 Å². The van der Waals surface area contributed by atoms with E-state index in [0.29, 0.717) is 6.42 Å². The predicted octanol–water partition coefficient (Wildman–Crippen LogP) is 3.74. The molecule has 1 atom stereocenters. The van der Waals surface area contributed by atoms with Crippen molar-refractivity contribution in [3.8, 4) is 22.8 Å². The van der Waals surface area contributed by atoms with E-state index in [-0.39, 0.29) is 6.61 Å². The van der Waals surface area contributed by atoms with Gasteiger partial charge in [0, 0.05) is 18.2 Å². The molecule has 4 nitrogen and oxygen atoms in total. The molecular weight excluding hydrogens is 314 g/mol. The number of para-hydroxylation sites is 1. The Labute approximate surface area is 147 Å². The van der Waals surface area contributed by atoms with Crippen LogP contribution in [0, 0.1) is 0 Å². The van der Waals surface area contributed by atoms with Gasteiger partial charge in [-0.2, -0.15) is 0 Å². The first kappa shape index (κ1) is 17.0. The SMILES string of the molecule is COc1ccc(-c2ccccn2)c(CC(O)COc2ccccc2)c1. The Balaban J connectivity index is 1.75. The van der Waals surface area contributed by atoms with Crippen molar-refractivity contribution in [3.63, 3.8) is 0 Å². The molecule has 25 heavy (non-hydrogen) atoms. The second-order valence-electron chi connectivity index (χ2n) is 5.72. The van der Waals surface area contributed by atoms with Crippen molar-refractivity contribution in [2.45, 2.75) is 12.5 Å². The number of benzene rings is 2. The summed E-state index contributed by atoms with van der Waals surface area (Å²) in [6, 6.07) is 21.1. The average Bonchev–Trinajstić information content (AvgIpc) is 2.68. The normalized spacial score (nSPS) is 11.8. The summed E-state index contributed by atoms with van der Waals surface area (Å²) in [6.07, 6.45) is 1.59. The maximum Gasteiger partial charge on any atom is 0.119 e. The Morgan fingerprint density at radius 3 is 2.48 bits per heavy atom. The smallest absolute Gasteiger partial charge is 0.119 e. The number of hydrogen-bond acceptors (Lipinski definition) is 4. The van der Waals surface area contributed by atoms with Gasteiger partial charge in [-0.3, -0.25) is 4.98 Å². The molecule has 0 aliphatic rings.